The third-order valence-electron chi connectivity index (χ3n) is 5.60. The molecule has 2 aliphatic rings. The minimum absolute atomic E-state index is 0.0831. The summed E-state index contributed by atoms with van der Waals surface area (Å²) in [6.45, 7) is 6.01. The van der Waals surface area contributed by atoms with Crippen molar-refractivity contribution in [3.8, 4) is 5.75 Å². The molecule has 0 amide bonds. The Labute approximate surface area is 176 Å². The van der Waals surface area contributed by atoms with Gasteiger partial charge in [0.25, 0.3) is 0 Å². The second-order valence-corrected chi connectivity index (χ2v) is 8.01. The summed E-state index contributed by atoms with van der Waals surface area (Å²) in [5.74, 6) is 1.91. The molecule has 1 aromatic heterocycles. The van der Waals surface area contributed by atoms with Crippen molar-refractivity contribution in [2.24, 2.45) is 0 Å². The topological polar surface area (TPSA) is 76.7 Å². The van der Waals surface area contributed by atoms with Crippen molar-refractivity contribution in [1.82, 2.24) is 9.97 Å². The van der Waals surface area contributed by atoms with Crippen LogP contribution < -0.4 is 20.3 Å². The van der Waals surface area contributed by atoms with E-state index >= 15 is 0 Å². The van der Waals surface area contributed by atoms with Crippen molar-refractivity contribution in [2.45, 2.75) is 32.2 Å². The van der Waals surface area contributed by atoms with Crippen LogP contribution in [0.15, 0.2) is 18.2 Å². The number of nitrogens with two attached hydrogens (primary N) is 1. The lowest BCUT2D eigenvalue weighted by atomic mass is 10.0. The summed E-state index contributed by atoms with van der Waals surface area (Å²) in [4.78, 5) is 13.2. The van der Waals surface area contributed by atoms with E-state index in [4.69, 9.17) is 26.8 Å². The fraction of sp³-hybridized carbons (Fsp3) is 0.524. The number of anilines is 3. The predicted molar refractivity (Wildman–Crippen MR) is 116 cm³/mol. The van der Waals surface area contributed by atoms with Gasteiger partial charge in [0.2, 0.25) is 5.95 Å². The number of aryl methyl sites for hydroxylation is 1. The third kappa shape index (κ3) is 4.21. The number of hydrogen-bond donors (Lipinski definition) is 1. The van der Waals surface area contributed by atoms with Gasteiger partial charge in [0, 0.05) is 43.0 Å². The van der Waals surface area contributed by atoms with Gasteiger partial charge in [0.05, 0.1) is 25.4 Å². The molecule has 2 saturated heterocycles. The van der Waals surface area contributed by atoms with Gasteiger partial charge in [-0.1, -0.05) is 11.6 Å². The van der Waals surface area contributed by atoms with Crippen molar-refractivity contribution in [1.29, 1.82) is 0 Å². The van der Waals surface area contributed by atoms with Crippen LogP contribution in [0.3, 0.4) is 0 Å². The van der Waals surface area contributed by atoms with Gasteiger partial charge >= 0.3 is 0 Å². The summed E-state index contributed by atoms with van der Waals surface area (Å²) in [6, 6.07) is 5.96. The minimum atomic E-state index is -0.0831. The largest absolute Gasteiger partial charge is 0.495 e. The number of methoxy groups -OCH3 is 1. The minimum Gasteiger partial charge on any atom is -0.495 e. The van der Waals surface area contributed by atoms with Gasteiger partial charge < -0.3 is 25.0 Å². The highest BCUT2D eigenvalue weighted by molar-refractivity contribution is 6.31. The van der Waals surface area contributed by atoms with E-state index in [1.807, 2.05) is 19.1 Å². The highest BCUT2D eigenvalue weighted by atomic mass is 35.5. The number of aromatic nitrogens is 2. The van der Waals surface area contributed by atoms with E-state index in [0.29, 0.717) is 18.2 Å². The number of halogens is 1. The molecule has 1 atom stereocenters. The lowest BCUT2D eigenvalue weighted by Crippen LogP contribution is -2.32. The molecule has 2 fully saturated rings. The number of nitrogen functional groups attached to an aromatic ring is 1. The van der Waals surface area contributed by atoms with E-state index in [-0.39, 0.29) is 12.0 Å². The molecule has 1 unspecified atom stereocenters. The molecule has 0 bridgehead atoms. The maximum absolute atomic E-state index is 6.82. The number of ether oxygens (including phenoxy) is 2. The Hall–Kier alpha value is -2.25. The number of rotatable bonds is 4. The van der Waals surface area contributed by atoms with Gasteiger partial charge in [-0.15, -0.1) is 0 Å². The first-order valence-corrected chi connectivity index (χ1v) is 10.5. The van der Waals surface area contributed by atoms with Gasteiger partial charge in [-0.05, 0) is 43.9 Å². The Morgan fingerprint density at radius 1 is 1.14 bits per heavy atom. The highest BCUT2D eigenvalue weighted by Gasteiger charge is 2.29. The standard InChI is InChI=1S/C21H28ClN5O2/c1-14-10-20(25-21(23)24-14)27-8-5-9-29-13-18(27)15-11-19(28-2)17(12-16(15)22)26-6-3-4-7-26/h10-12,18H,3-9,13H2,1-2H3,(H2,23,24,25). The average molecular weight is 418 g/mol. The maximum Gasteiger partial charge on any atom is 0.222 e. The van der Waals surface area contributed by atoms with Crippen LogP contribution in [0.2, 0.25) is 5.02 Å². The van der Waals surface area contributed by atoms with Crippen LogP contribution in [0, 0.1) is 6.92 Å². The molecule has 0 spiro atoms. The first-order chi connectivity index (χ1) is 14.1. The maximum atomic E-state index is 6.82. The summed E-state index contributed by atoms with van der Waals surface area (Å²) < 4.78 is 11.7. The molecule has 7 nitrogen and oxygen atoms in total. The lowest BCUT2D eigenvalue weighted by molar-refractivity contribution is 0.134. The fourth-order valence-electron chi connectivity index (χ4n) is 4.21. The van der Waals surface area contributed by atoms with Crippen LogP contribution in [0.5, 0.6) is 5.75 Å². The Balaban J connectivity index is 1.75. The molecule has 156 valence electrons. The van der Waals surface area contributed by atoms with Crippen LogP contribution in [0.4, 0.5) is 17.5 Å². The Morgan fingerprint density at radius 3 is 2.66 bits per heavy atom. The number of benzene rings is 1. The lowest BCUT2D eigenvalue weighted by Gasteiger charge is -2.32. The predicted octanol–water partition coefficient (Wildman–Crippen LogP) is 3.60. The molecule has 4 rings (SSSR count). The molecule has 0 saturated carbocycles. The van der Waals surface area contributed by atoms with Crippen LogP contribution in [-0.4, -0.2) is 49.9 Å². The van der Waals surface area contributed by atoms with E-state index in [2.05, 4.69) is 25.8 Å². The second-order valence-electron chi connectivity index (χ2n) is 7.60. The monoisotopic (exact) mass is 417 g/mol. The summed E-state index contributed by atoms with van der Waals surface area (Å²) in [5.41, 5.74) is 8.79. The molecule has 2 aromatic rings. The van der Waals surface area contributed by atoms with Crippen LogP contribution in [0.1, 0.15) is 36.6 Å². The Bertz CT molecular complexity index is 852. The molecule has 3 heterocycles. The van der Waals surface area contributed by atoms with Gasteiger partial charge in [-0.2, -0.15) is 4.98 Å². The van der Waals surface area contributed by atoms with Crippen molar-refractivity contribution in [3.05, 3.63) is 34.5 Å². The zero-order valence-corrected chi connectivity index (χ0v) is 17.8. The quantitative estimate of drug-likeness (QED) is 0.814. The van der Waals surface area contributed by atoms with Crippen molar-refractivity contribution >= 4 is 29.1 Å². The SMILES string of the molecule is COc1cc(C2COCCCN2c2cc(C)nc(N)n2)c(Cl)cc1N1CCCC1. The second kappa shape index (κ2) is 8.63. The summed E-state index contributed by atoms with van der Waals surface area (Å²) in [7, 11) is 1.71. The van der Waals surface area contributed by atoms with E-state index in [0.717, 1.165) is 54.6 Å². The highest BCUT2D eigenvalue weighted by Crippen LogP contribution is 2.40. The zero-order valence-electron chi connectivity index (χ0n) is 17.0. The van der Waals surface area contributed by atoms with Gasteiger partial charge in [-0.25, -0.2) is 4.98 Å². The van der Waals surface area contributed by atoms with E-state index in [1.54, 1.807) is 7.11 Å². The van der Waals surface area contributed by atoms with Gasteiger partial charge in [0.15, 0.2) is 0 Å². The van der Waals surface area contributed by atoms with Gasteiger partial charge in [0.1, 0.15) is 11.6 Å². The van der Waals surface area contributed by atoms with Crippen LogP contribution in [0.25, 0.3) is 0 Å². The number of nitrogens with zero attached hydrogens (tertiary/aromatic N) is 4. The molecule has 8 heteroatoms. The van der Waals surface area contributed by atoms with E-state index in [1.165, 1.54) is 12.8 Å². The zero-order chi connectivity index (χ0) is 20.4. The third-order valence-corrected chi connectivity index (χ3v) is 5.92. The van der Waals surface area contributed by atoms with Crippen LogP contribution >= 0.6 is 11.6 Å². The van der Waals surface area contributed by atoms with Crippen molar-refractivity contribution < 1.29 is 9.47 Å². The molecule has 0 aliphatic carbocycles. The smallest absolute Gasteiger partial charge is 0.222 e. The first-order valence-electron chi connectivity index (χ1n) is 10.1. The van der Waals surface area contributed by atoms with Crippen LogP contribution in [-0.2, 0) is 4.74 Å². The molecule has 2 aliphatic heterocycles. The van der Waals surface area contributed by atoms with Gasteiger partial charge in [-0.3, -0.25) is 0 Å². The molecular formula is C21H28ClN5O2. The summed E-state index contributed by atoms with van der Waals surface area (Å²) in [6.07, 6.45) is 3.29. The average Bonchev–Trinajstić information content (AvgIpc) is 3.12. The Morgan fingerprint density at radius 2 is 1.93 bits per heavy atom. The van der Waals surface area contributed by atoms with Crippen molar-refractivity contribution in [3.63, 3.8) is 0 Å². The van der Waals surface area contributed by atoms with Crippen molar-refractivity contribution in [2.75, 3.05) is 55.5 Å². The van der Waals surface area contributed by atoms with E-state index in [9.17, 15) is 0 Å². The summed E-state index contributed by atoms with van der Waals surface area (Å²) >= 11 is 6.82. The molecule has 1 aromatic carbocycles. The molecule has 29 heavy (non-hydrogen) atoms. The molecular weight excluding hydrogens is 390 g/mol. The van der Waals surface area contributed by atoms with E-state index < -0.39 is 0 Å². The molecule has 2 N–H and O–H groups in total. The first kappa shape index (κ1) is 20.0. The Kier molecular flexibility index (Phi) is 5.96. The number of hydrogen-bond acceptors (Lipinski definition) is 7. The normalized spacial score (nSPS) is 20.0. The summed E-state index contributed by atoms with van der Waals surface area (Å²) in [5, 5.41) is 0.715. The molecule has 0 radical (unpaired) electrons. The fourth-order valence-corrected chi connectivity index (χ4v) is 4.50.